The van der Waals surface area contributed by atoms with Gasteiger partial charge in [-0.05, 0) is 48.5 Å². The molecule has 122 valence electrons. The first-order valence-electron chi connectivity index (χ1n) is 7.13. The molecule has 0 aliphatic heterocycles. The minimum Gasteiger partial charge on any atom is -0.456 e. The fraction of sp³-hybridized carbons (Fsp3) is 0.0588. The van der Waals surface area contributed by atoms with Crippen LogP contribution in [0, 0.1) is 0 Å². The van der Waals surface area contributed by atoms with E-state index >= 15 is 0 Å². The van der Waals surface area contributed by atoms with Gasteiger partial charge in [-0.2, -0.15) is 0 Å². The maximum absolute atomic E-state index is 11.4. The molecule has 0 bridgehead atoms. The number of ether oxygens (including phenoxy) is 1. The van der Waals surface area contributed by atoms with E-state index in [2.05, 4.69) is 15.3 Å². The van der Waals surface area contributed by atoms with Crippen LogP contribution in [0.1, 0.15) is 0 Å². The summed E-state index contributed by atoms with van der Waals surface area (Å²) in [4.78, 5) is 8.67. The number of pyridine rings is 2. The molecule has 1 N–H and O–H groups in total. The summed E-state index contributed by atoms with van der Waals surface area (Å²) in [5.74, 6) is 2.44. The first-order valence-corrected chi connectivity index (χ1v) is 9.02. The molecule has 1 aromatic carbocycles. The number of sulfone groups is 1. The quantitative estimate of drug-likeness (QED) is 0.766. The lowest BCUT2D eigenvalue weighted by Crippen LogP contribution is -1.97. The van der Waals surface area contributed by atoms with Crippen molar-refractivity contribution in [2.75, 3.05) is 11.6 Å². The van der Waals surface area contributed by atoms with E-state index in [0.29, 0.717) is 23.1 Å². The maximum Gasteiger partial charge on any atom is 0.175 e. The van der Waals surface area contributed by atoms with Crippen molar-refractivity contribution in [3.05, 3.63) is 67.0 Å². The van der Waals surface area contributed by atoms with Crippen molar-refractivity contribution < 1.29 is 13.2 Å². The molecule has 3 aromatic rings. The summed E-state index contributed by atoms with van der Waals surface area (Å²) in [7, 11) is -3.21. The van der Waals surface area contributed by atoms with Crippen molar-refractivity contribution in [2.24, 2.45) is 0 Å². The normalized spacial score (nSPS) is 11.0. The monoisotopic (exact) mass is 341 g/mol. The van der Waals surface area contributed by atoms with Gasteiger partial charge in [0, 0.05) is 12.5 Å². The summed E-state index contributed by atoms with van der Waals surface area (Å²) in [6, 6.07) is 15.3. The largest absolute Gasteiger partial charge is 0.456 e. The van der Waals surface area contributed by atoms with Gasteiger partial charge in [-0.1, -0.05) is 6.07 Å². The number of hydrogen-bond donors (Lipinski definition) is 1. The molecule has 24 heavy (non-hydrogen) atoms. The molecule has 0 saturated heterocycles. The van der Waals surface area contributed by atoms with Crippen LogP contribution in [0.2, 0.25) is 0 Å². The topological polar surface area (TPSA) is 81.2 Å². The van der Waals surface area contributed by atoms with Gasteiger partial charge in [0.2, 0.25) is 0 Å². The van der Waals surface area contributed by atoms with Gasteiger partial charge in [0.25, 0.3) is 0 Å². The van der Waals surface area contributed by atoms with Gasteiger partial charge in [0.1, 0.15) is 23.1 Å². The highest BCUT2D eigenvalue weighted by atomic mass is 32.2. The molecule has 0 fully saturated rings. The van der Waals surface area contributed by atoms with Gasteiger partial charge in [-0.25, -0.2) is 18.4 Å². The van der Waals surface area contributed by atoms with E-state index < -0.39 is 9.84 Å². The zero-order valence-corrected chi connectivity index (χ0v) is 13.7. The van der Waals surface area contributed by atoms with Crippen LogP contribution in [0.5, 0.6) is 11.5 Å². The van der Waals surface area contributed by atoms with Crippen LogP contribution in [0.25, 0.3) is 0 Å². The van der Waals surface area contributed by atoms with E-state index in [4.69, 9.17) is 4.74 Å². The van der Waals surface area contributed by atoms with E-state index in [1.54, 1.807) is 36.7 Å². The Morgan fingerprint density at radius 1 is 0.875 bits per heavy atom. The summed E-state index contributed by atoms with van der Waals surface area (Å²) >= 11 is 0. The second kappa shape index (κ2) is 6.67. The summed E-state index contributed by atoms with van der Waals surface area (Å²) in [5.41, 5.74) is 0. The molecule has 0 atom stereocenters. The molecule has 2 aromatic heterocycles. The molecule has 0 unspecified atom stereocenters. The third kappa shape index (κ3) is 4.08. The van der Waals surface area contributed by atoms with Crippen LogP contribution in [0.3, 0.4) is 0 Å². The Labute approximate surface area is 140 Å². The molecule has 0 saturated carbocycles. The number of hydrogen-bond acceptors (Lipinski definition) is 6. The molecule has 0 spiro atoms. The molecule has 0 aliphatic carbocycles. The zero-order valence-electron chi connectivity index (χ0n) is 12.9. The van der Waals surface area contributed by atoms with Gasteiger partial charge < -0.3 is 10.1 Å². The molecule has 7 heteroatoms. The highest BCUT2D eigenvalue weighted by Gasteiger charge is 2.07. The standard InChI is InChI=1S/C17H15N3O3S/c1-24(21,22)15-8-5-13(6-9-15)23-14-7-10-17(19-12-14)20-16-4-2-3-11-18-16/h2-12H,1H3,(H,18,19,20). The average Bonchev–Trinajstić information content (AvgIpc) is 2.57. The molecule has 3 rings (SSSR count). The molecule has 2 heterocycles. The van der Waals surface area contributed by atoms with Gasteiger partial charge in [0.05, 0.1) is 11.1 Å². The van der Waals surface area contributed by atoms with Gasteiger partial charge >= 0.3 is 0 Å². The molecule has 0 radical (unpaired) electrons. The molecular formula is C17H15N3O3S. The Balaban J connectivity index is 1.68. The lowest BCUT2D eigenvalue weighted by molar-refractivity contribution is 0.480. The number of nitrogens with zero attached hydrogens (tertiary/aromatic N) is 2. The summed E-state index contributed by atoms with van der Waals surface area (Å²) in [6.07, 6.45) is 4.44. The van der Waals surface area contributed by atoms with E-state index in [0.717, 1.165) is 0 Å². The highest BCUT2D eigenvalue weighted by molar-refractivity contribution is 7.90. The minimum atomic E-state index is -3.21. The van der Waals surface area contributed by atoms with Crippen LogP contribution in [-0.4, -0.2) is 24.6 Å². The SMILES string of the molecule is CS(=O)(=O)c1ccc(Oc2ccc(Nc3ccccn3)nc2)cc1. The van der Waals surface area contributed by atoms with Crippen LogP contribution in [-0.2, 0) is 9.84 Å². The van der Waals surface area contributed by atoms with Crippen molar-refractivity contribution >= 4 is 21.5 Å². The van der Waals surface area contributed by atoms with E-state index in [1.165, 1.54) is 18.4 Å². The molecule has 6 nitrogen and oxygen atoms in total. The summed E-state index contributed by atoms with van der Waals surface area (Å²) in [6.45, 7) is 0. The van der Waals surface area contributed by atoms with E-state index in [1.807, 2.05) is 18.2 Å². The fourth-order valence-corrected chi connectivity index (χ4v) is 2.60. The van der Waals surface area contributed by atoms with Crippen molar-refractivity contribution in [2.45, 2.75) is 4.90 Å². The van der Waals surface area contributed by atoms with Crippen LogP contribution in [0.4, 0.5) is 11.6 Å². The van der Waals surface area contributed by atoms with Crippen LogP contribution >= 0.6 is 0 Å². The van der Waals surface area contributed by atoms with E-state index in [-0.39, 0.29) is 4.90 Å². The lowest BCUT2D eigenvalue weighted by atomic mass is 10.3. The first kappa shape index (κ1) is 15.9. The van der Waals surface area contributed by atoms with Crippen LogP contribution < -0.4 is 10.1 Å². The third-order valence-corrected chi connectivity index (χ3v) is 4.27. The number of benzene rings is 1. The van der Waals surface area contributed by atoms with Gasteiger partial charge in [-0.3, -0.25) is 0 Å². The first-order chi connectivity index (χ1) is 11.5. The maximum atomic E-state index is 11.4. The second-order valence-corrected chi connectivity index (χ2v) is 7.08. The predicted octanol–water partition coefficient (Wildman–Crippen LogP) is 3.42. The third-order valence-electron chi connectivity index (χ3n) is 3.14. The smallest absolute Gasteiger partial charge is 0.175 e. The van der Waals surface area contributed by atoms with Crippen molar-refractivity contribution in [1.82, 2.24) is 9.97 Å². The molecule has 0 aliphatic rings. The molecule has 0 amide bonds. The Kier molecular flexibility index (Phi) is 4.43. The summed E-state index contributed by atoms with van der Waals surface area (Å²) in [5, 5.41) is 3.07. The van der Waals surface area contributed by atoms with Gasteiger partial charge in [-0.15, -0.1) is 0 Å². The van der Waals surface area contributed by atoms with E-state index in [9.17, 15) is 8.42 Å². The van der Waals surface area contributed by atoms with Crippen LogP contribution in [0.15, 0.2) is 71.9 Å². The Morgan fingerprint density at radius 2 is 1.58 bits per heavy atom. The Bertz CT molecular complexity index is 910. The van der Waals surface area contributed by atoms with Crippen molar-refractivity contribution in [3.63, 3.8) is 0 Å². The second-order valence-electron chi connectivity index (χ2n) is 5.06. The summed E-state index contributed by atoms with van der Waals surface area (Å²) < 4.78 is 28.5. The fourth-order valence-electron chi connectivity index (χ4n) is 1.97. The number of anilines is 2. The number of aromatic nitrogens is 2. The Hall–Kier alpha value is -2.93. The average molecular weight is 341 g/mol. The Morgan fingerprint density at radius 3 is 2.17 bits per heavy atom. The number of nitrogens with one attached hydrogen (secondary N) is 1. The van der Waals surface area contributed by atoms with Crippen molar-refractivity contribution in [1.29, 1.82) is 0 Å². The number of rotatable bonds is 5. The van der Waals surface area contributed by atoms with Gasteiger partial charge in [0.15, 0.2) is 9.84 Å². The lowest BCUT2D eigenvalue weighted by Gasteiger charge is -2.08. The predicted molar refractivity (Wildman–Crippen MR) is 91.4 cm³/mol. The minimum absolute atomic E-state index is 0.253. The highest BCUT2D eigenvalue weighted by Crippen LogP contribution is 2.23. The molecular weight excluding hydrogens is 326 g/mol. The zero-order chi connectivity index (χ0) is 17.0. The van der Waals surface area contributed by atoms with Crippen molar-refractivity contribution in [3.8, 4) is 11.5 Å².